The van der Waals surface area contributed by atoms with Crippen LogP contribution >= 0.6 is 0 Å². The summed E-state index contributed by atoms with van der Waals surface area (Å²) in [5, 5.41) is 3.18. The average Bonchev–Trinajstić information content (AvgIpc) is 2.68. The van der Waals surface area contributed by atoms with Crippen molar-refractivity contribution in [2.75, 3.05) is 26.0 Å². The molecule has 5 heteroatoms. The Hall–Kier alpha value is -1.07. The van der Waals surface area contributed by atoms with Crippen molar-refractivity contribution >= 4 is 10.8 Å². The van der Waals surface area contributed by atoms with E-state index >= 15 is 0 Å². The Balaban J connectivity index is 2.12. The Labute approximate surface area is 116 Å². The number of hydrogen-bond acceptors (Lipinski definition) is 4. The molecule has 1 N–H and O–H groups in total. The van der Waals surface area contributed by atoms with E-state index in [0.717, 1.165) is 23.5 Å². The molecule has 0 bridgehead atoms. The molecule has 1 aliphatic heterocycles. The third kappa shape index (κ3) is 3.70. The molecule has 4 nitrogen and oxygen atoms in total. The first-order valence-corrected chi connectivity index (χ1v) is 8.01. The number of fused-ring (bicyclic) bond motifs is 1. The standard InChI is InChI=1S/C14H21NO3S/c1-3-11(15-2)10-19(16)12-5-6-13-14(9-12)18-8-4-7-17-13/h5-6,9,11,15H,3-4,7-8,10H2,1-2H3. The van der Waals surface area contributed by atoms with Gasteiger partial charge in [0, 0.05) is 29.2 Å². The summed E-state index contributed by atoms with van der Waals surface area (Å²) in [6.45, 7) is 3.41. The van der Waals surface area contributed by atoms with Gasteiger partial charge in [-0.1, -0.05) is 6.92 Å². The van der Waals surface area contributed by atoms with Gasteiger partial charge in [0.05, 0.1) is 24.0 Å². The van der Waals surface area contributed by atoms with Gasteiger partial charge in [-0.2, -0.15) is 0 Å². The molecule has 0 saturated heterocycles. The summed E-state index contributed by atoms with van der Waals surface area (Å²) < 4.78 is 23.5. The second-order valence-corrected chi connectivity index (χ2v) is 6.06. The smallest absolute Gasteiger partial charge is 0.162 e. The molecule has 2 unspecified atom stereocenters. The molecule has 0 spiro atoms. The minimum absolute atomic E-state index is 0.275. The van der Waals surface area contributed by atoms with Gasteiger partial charge in [-0.25, -0.2) is 0 Å². The second kappa shape index (κ2) is 6.91. The first kappa shape index (κ1) is 14.3. The van der Waals surface area contributed by atoms with Crippen molar-refractivity contribution in [2.24, 2.45) is 0 Å². The van der Waals surface area contributed by atoms with Crippen LogP contribution in [0.5, 0.6) is 11.5 Å². The quantitative estimate of drug-likeness (QED) is 0.897. The van der Waals surface area contributed by atoms with Crippen LogP contribution in [0.4, 0.5) is 0 Å². The van der Waals surface area contributed by atoms with Crippen LogP contribution in [0.2, 0.25) is 0 Å². The summed E-state index contributed by atoms with van der Waals surface area (Å²) in [6.07, 6.45) is 1.84. The highest BCUT2D eigenvalue weighted by Crippen LogP contribution is 2.31. The number of ether oxygens (including phenoxy) is 2. The van der Waals surface area contributed by atoms with Crippen molar-refractivity contribution in [3.63, 3.8) is 0 Å². The van der Waals surface area contributed by atoms with Crippen LogP contribution in [0, 0.1) is 0 Å². The SMILES string of the molecule is CCC(CS(=O)c1ccc2c(c1)OCCCO2)NC. The zero-order valence-corrected chi connectivity index (χ0v) is 12.3. The van der Waals surface area contributed by atoms with Crippen LogP contribution in [-0.2, 0) is 10.8 Å². The summed E-state index contributed by atoms with van der Waals surface area (Å²) in [4.78, 5) is 0.804. The van der Waals surface area contributed by atoms with E-state index in [4.69, 9.17) is 9.47 Å². The second-order valence-electron chi connectivity index (χ2n) is 4.57. The molecule has 1 aromatic carbocycles. The molecule has 1 aromatic rings. The predicted molar refractivity (Wildman–Crippen MR) is 76.5 cm³/mol. The Morgan fingerprint density at radius 2 is 2.05 bits per heavy atom. The molecule has 1 aliphatic rings. The maximum absolute atomic E-state index is 12.3. The Kier molecular flexibility index (Phi) is 5.22. The van der Waals surface area contributed by atoms with Crippen LogP contribution < -0.4 is 14.8 Å². The number of benzene rings is 1. The molecule has 19 heavy (non-hydrogen) atoms. The van der Waals surface area contributed by atoms with Crippen molar-refractivity contribution in [3.8, 4) is 11.5 Å². The maximum atomic E-state index is 12.3. The Morgan fingerprint density at radius 3 is 2.74 bits per heavy atom. The zero-order chi connectivity index (χ0) is 13.7. The molecule has 0 radical (unpaired) electrons. The van der Waals surface area contributed by atoms with Crippen LogP contribution in [0.1, 0.15) is 19.8 Å². The van der Waals surface area contributed by atoms with Gasteiger partial charge in [0.1, 0.15) is 0 Å². The molecule has 0 saturated carbocycles. The Morgan fingerprint density at radius 1 is 1.32 bits per heavy atom. The van der Waals surface area contributed by atoms with Gasteiger partial charge in [-0.15, -0.1) is 0 Å². The highest BCUT2D eigenvalue weighted by atomic mass is 32.2. The lowest BCUT2D eigenvalue weighted by Crippen LogP contribution is -2.30. The monoisotopic (exact) mass is 283 g/mol. The third-order valence-electron chi connectivity index (χ3n) is 3.24. The van der Waals surface area contributed by atoms with Crippen LogP contribution in [0.15, 0.2) is 23.1 Å². The average molecular weight is 283 g/mol. The van der Waals surface area contributed by atoms with E-state index < -0.39 is 10.8 Å². The van der Waals surface area contributed by atoms with Crippen molar-refractivity contribution in [2.45, 2.75) is 30.7 Å². The fourth-order valence-electron chi connectivity index (χ4n) is 1.97. The van der Waals surface area contributed by atoms with Crippen molar-refractivity contribution in [3.05, 3.63) is 18.2 Å². The van der Waals surface area contributed by atoms with Gasteiger partial charge in [0.25, 0.3) is 0 Å². The summed E-state index contributed by atoms with van der Waals surface area (Å²) in [6, 6.07) is 5.84. The fraction of sp³-hybridized carbons (Fsp3) is 0.571. The first-order valence-electron chi connectivity index (χ1n) is 6.70. The van der Waals surface area contributed by atoms with E-state index in [1.807, 2.05) is 25.2 Å². The number of hydrogen-bond donors (Lipinski definition) is 1. The highest BCUT2D eigenvalue weighted by Gasteiger charge is 2.15. The normalized spacial score (nSPS) is 17.6. The van der Waals surface area contributed by atoms with Gasteiger partial charge in [0.15, 0.2) is 11.5 Å². The number of nitrogens with one attached hydrogen (secondary N) is 1. The van der Waals surface area contributed by atoms with Gasteiger partial charge in [-0.3, -0.25) is 4.21 Å². The number of rotatable bonds is 5. The van der Waals surface area contributed by atoms with Crippen molar-refractivity contribution in [1.29, 1.82) is 0 Å². The summed E-state index contributed by atoms with van der Waals surface area (Å²) in [5.74, 6) is 2.08. The first-order chi connectivity index (χ1) is 9.24. The lowest BCUT2D eigenvalue weighted by Gasteiger charge is -2.14. The van der Waals surface area contributed by atoms with Crippen LogP contribution in [-0.4, -0.2) is 36.3 Å². The molecule has 106 valence electrons. The molecule has 0 aromatic heterocycles. The molecular formula is C14H21NO3S. The van der Waals surface area contributed by atoms with Crippen molar-refractivity contribution < 1.29 is 13.7 Å². The molecule has 2 atom stereocenters. The minimum Gasteiger partial charge on any atom is -0.490 e. The molecule has 0 aliphatic carbocycles. The lowest BCUT2D eigenvalue weighted by atomic mass is 10.3. The van der Waals surface area contributed by atoms with E-state index in [2.05, 4.69) is 12.2 Å². The summed E-state index contributed by atoms with van der Waals surface area (Å²) in [5.41, 5.74) is 0. The third-order valence-corrected chi connectivity index (χ3v) is 4.72. The highest BCUT2D eigenvalue weighted by molar-refractivity contribution is 7.85. The molecular weight excluding hydrogens is 262 g/mol. The van der Waals surface area contributed by atoms with Crippen molar-refractivity contribution in [1.82, 2.24) is 5.32 Å². The van der Waals surface area contributed by atoms with Gasteiger partial charge in [-0.05, 0) is 25.6 Å². The largest absolute Gasteiger partial charge is 0.490 e. The van der Waals surface area contributed by atoms with Crippen LogP contribution in [0.3, 0.4) is 0 Å². The predicted octanol–water partition coefficient (Wildman–Crippen LogP) is 1.95. The molecule has 1 heterocycles. The molecule has 2 rings (SSSR count). The van der Waals surface area contributed by atoms with E-state index in [0.29, 0.717) is 24.7 Å². The van der Waals surface area contributed by atoms with E-state index in [1.54, 1.807) is 0 Å². The van der Waals surface area contributed by atoms with E-state index in [9.17, 15) is 4.21 Å². The van der Waals surface area contributed by atoms with E-state index in [1.165, 1.54) is 0 Å². The topological polar surface area (TPSA) is 47.6 Å². The zero-order valence-electron chi connectivity index (χ0n) is 11.5. The molecule has 0 fully saturated rings. The summed E-state index contributed by atoms with van der Waals surface area (Å²) in [7, 11) is 0.887. The van der Waals surface area contributed by atoms with Crippen LogP contribution in [0.25, 0.3) is 0 Å². The van der Waals surface area contributed by atoms with Gasteiger partial charge < -0.3 is 14.8 Å². The van der Waals surface area contributed by atoms with E-state index in [-0.39, 0.29) is 6.04 Å². The fourth-order valence-corrected chi connectivity index (χ4v) is 3.39. The maximum Gasteiger partial charge on any atom is 0.162 e. The lowest BCUT2D eigenvalue weighted by molar-refractivity contribution is 0.297. The minimum atomic E-state index is -1.02. The Bertz CT molecular complexity index is 446. The molecule has 0 amide bonds. The van der Waals surface area contributed by atoms with Gasteiger partial charge in [0.2, 0.25) is 0 Å². The van der Waals surface area contributed by atoms with Gasteiger partial charge >= 0.3 is 0 Å². The summed E-state index contributed by atoms with van der Waals surface area (Å²) >= 11 is 0.